The van der Waals surface area contributed by atoms with Crippen LogP contribution in [0.5, 0.6) is 0 Å². The van der Waals surface area contributed by atoms with Crippen LogP contribution in [0.1, 0.15) is 55.6 Å². The van der Waals surface area contributed by atoms with Crippen molar-refractivity contribution in [2.75, 3.05) is 0 Å². The minimum atomic E-state index is 0.898. The van der Waals surface area contributed by atoms with Crippen molar-refractivity contribution >= 4 is 21.5 Å². The molecule has 0 atom stereocenters. The number of aryl methyl sites for hydroxylation is 4. The third-order valence-electron chi connectivity index (χ3n) is 12.4. The highest BCUT2D eigenvalue weighted by atomic mass is 14.3. The second-order valence-corrected chi connectivity index (χ2v) is 14.9. The Bertz CT molecular complexity index is 2490. The summed E-state index contributed by atoms with van der Waals surface area (Å²) in [5.41, 5.74) is 24.8. The molecule has 0 unspecified atom stereocenters. The molecule has 0 bridgehead atoms. The van der Waals surface area contributed by atoms with E-state index in [2.05, 4.69) is 175 Å². The average molecular weight is 669 g/mol. The minimum absolute atomic E-state index is 0.898. The van der Waals surface area contributed by atoms with E-state index in [1.165, 1.54) is 122 Å². The fraction of sp³-hybridized carbons (Fsp3) is 0.154. The molecule has 0 heterocycles. The molecule has 0 fully saturated rings. The Labute approximate surface area is 308 Å². The predicted octanol–water partition coefficient (Wildman–Crippen LogP) is 14.0. The minimum Gasteiger partial charge on any atom is -0.0622 e. The lowest BCUT2D eigenvalue weighted by Gasteiger charge is -2.33. The molecule has 0 radical (unpaired) electrons. The zero-order valence-electron chi connectivity index (χ0n) is 31.1. The van der Waals surface area contributed by atoms with Gasteiger partial charge in [-0.3, -0.25) is 0 Å². The van der Waals surface area contributed by atoms with Crippen LogP contribution in [0.4, 0.5) is 0 Å². The number of fused-ring (bicyclic) bond motifs is 4. The maximum absolute atomic E-state index is 2.51. The molecule has 0 N–H and O–H groups in total. The van der Waals surface area contributed by atoms with Crippen molar-refractivity contribution in [3.05, 3.63) is 189 Å². The average Bonchev–Trinajstić information content (AvgIpc) is 3.20. The molecule has 8 aromatic carbocycles. The molecule has 52 heavy (non-hydrogen) atoms. The van der Waals surface area contributed by atoms with E-state index in [4.69, 9.17) is 0 Å². The van der Waals surface area contributed by atoms with Crippen LogP contribution in [0.2, 0.25) is 0 Å². The first-order valence-electron chi connectivity index (χ1n) is 18.7. The van der Waals surface area contributed by atoms with Crippen molar-refractivity contribution < 1.29 is 0 Å². The highest BCUT2D eigenvalue weighted by molar-refractivity contribution is 6.07. The molecule has 8 aromatic rings. The highest BCUT2D eigenvalue weighted by Crippen LogP contribution is 2.53. The highest BCUT2D eigenvalue weighted by Gasteiger charge is 2.32. The normalized spacial score (nSPS) is 12.3. The molecule has 0 saturated heterocycles. The SMILES string of the molecule is Cc1c(C)c(C)c2cc3c(C)c4c(c(C)c3cc2c1C)Cc1c(c(-c2ccccc2)c(-c2ccccc2)c(-c2ccccc2)c1-c1ccccc1)C4. The largest absolute Gasteiger partial charge is 0.0622 e. The lowest BCUT2D eigenvalue weighted by molar-refractivity contribution is 0.986. The first-order valence-corrected chi connectivity index (χ1v) is 18.7. The van der Waals surface area contributed by atoms with Crippen molar-refractivity contribution in [2.45, 2.75) is 54.4 Å². The Morgan fingerprint density at radius 1 is 0.269 bits per heavy atom. The Hall–Kier alpha value is -5.72. The van der Waals surface area contributed by atoms with Crippen LogP contribution in [0, 0.1) is 41.5 Å². The molecule has 0 saturated carbocycles. The topological polar surface area (TPSA) is 0 Å². The molecule has 252 valence electrons. The molecule has 0 nitrogen and oxygen atoms in total. The van der Waals surface area contributed by atoms with E-state index in [1.807, 2.05) is 0 Å². The van der Waals surface area contributed by atoms with Gasteiger partial charge in [0.05, 0.1) is 0 Å². The Morgan fingerprint density at radius 2 is 0.538 bits per heavy atom. The second kappa shape index (κ2) is 12.5. The quantitative estimate of drug-likeness (QED) is 0.164. The monoisotopic (exact) mass is 668 g/mol. The molecule has 0 heteroatoms. The van der Waals surface area contributed by atoms with E-state index in [1.54, 1.807) is 0 Å². The van der Waals surface area contributed by atoms with Crippen LogP contribution >= 0.6 is 0 Å². The smallest absolute Gasteiger partial charge is 0.00105 e. The summed E-state index contributed by atoms with van der Waals surface area (Å²) in [6, 6.07) is 49.6. The second-order valence-electron chi connectivity index (χ2n) is 14.9. The van der Waals surface area contributed by atoms with Crippen LogP contribution in [-0.2, 0) is 12.8 Å². The zero-order valence-corrected chi connectivity index (χ0v) is 31.1. The molecular weight excluding hydrogens is 625 g/mol. The van der Waals surface area contributed by atoms with Gasteiger partial charge in [0.25, 0.3) is 0 Å². The lowest BCUT2D eigenvalue weighted by Crippen LogP contribution is -2.16. The summed E-state index contributed by atoms with van der Waals surface area (Å²) in [6.45, 7) is 14.0. The van der Waals surface area contributed by atoms with Gasteiger partial charge in [-0.1, -0.05) is 121 Å². The van der Waals surface area contributed by atoms with Gasteiger partial charge in [-0.25, -0.2) is 0 Å². The number of rotatable bonds is 4. The van der Waals surface area contributed by atoms with Gasteiger partial charge in [0.2, 0.25) is 0 Å². The maximum atomic E-state index is 2.51. The fourth-order valence-corrected chi connectivity index (χ4v) is 9.29. The van der Waals surface area contributed by atoms with Crippen LogP contribution in [0.25, 0.3) is 66.1 Å². The molecule has 0 amide bonds. The van der Waals surface area contributed by atoms with Gasteiger partial charge in [-0.15, -0.1) is 0 Å². The summed E-state index contributed by atoms with van der Waals surface area (Å²) in [6.07, 6.45) is 1.80. The number of hydrogen-bond acceptors (Lipinski definition) is 0. The maximum Gasteiger partial charge on any atom is -0.00105 e. The van der Waals surface area contributed by atoms with Gasteiger partial charge in [0.1, 0.15) is 0 Å². The molecular formula is C52H44. The summed E-state index contributed by atoms with van der Waals surface area (Å²) in [7, 11) is 0. The van der Waals surface area contributed by atoms with E-state index in [-0.39, 0.29) is 0 Å². The zero-order chi connectivity index (χ0) is 35.7. The van der Waals surface area contributed by atoms with Crippen molar-refractivity contribution in [1.82, 2.24) is 0 Å². The van der Waals surface area contributed by atoms with Crippen LogP contribution in [-0.4, -0.2) is 0 Å². The van der Waals surface area contributed by atoms with Crippen molar-refractivity contribution in [2.24, 2.45) is 0 Å². The van der Waals surface area contributed by atoms with Crippen LogP contribution in [0.15, 0.2) is 133 Å². The van der Waals surface area contributed by atoms with Crippen LogP contribution < -0.4 is 0 Å². The molecule has 1 aliphatic rings. The van der Waals surface area contributed by atoms with Gasteiger partial charge in [-0.2, -0.15) is 0 Å². The number of hydrogen-bond donors (Lipinski definition) is 0. The molecule has 0 aromatic heterocycles. The molecule has 0 spiro atoms. The third-order valence-corrected chi connectivity index (χ3v) is 12.4. The summed E-state index contributed by atoms with van der Waals surface area (Å²) in [5.74, 6) is 0. The van der Waals surface area contributed by atoms with E-state index >= 15 is 0 Å². The first-order chi connectivity index (χ1) is 25.3. The summed E-state index contributed by atoms with van der Waals surface area (Å²) in [5, 5.41) is 5.57. The Balaban J connectivity index is 1.44. The van der Waals surface area contributed by atoms with Gasteiger partial charge in [0.15, 0.2) is 0 Å². The predicted molar refractivity (Wildman–Crippen MR) is 224 cm³/mol. The van der Waals surface area contributed by atoms with Gasteiger partial charge in [0, 0.05) is 0 Å². The number of benzene rings is 8. The lowest BCUT2D eigenvalue weighted by atomic mass is 9.70. The molecule has 1 aliphatic carbocycles. The first kappa shape index (κ1) is 32.2. The Morgan fingerprint density at radius 3 is 0.846 bits per heavy atom. The van der Waals surface area contributed by atoms with E-state index in [0.29, 0.717) is 0 Å². The molecule has 0 aliphatic heterocycles. The fourth-order valence-electron chi connectivity index (χ4n) is 9.29. The standard InChI is InChI=1S/C52H44/c1-31-32(2)34(4)42-28-44-36(6)46-30-48-47(29-45(46)35(5)43(44)27-41(42)33(31)3)49(37-19-11-7-12-20-37)51(39-23-15-9-16-24-39)52(40-25-17-10-18-26-40)50(48)38-21-13-8-14-22-38/h7-28H,29-30H2,1-6H3. The van der Waals surface area contributed by atoms with Crippen LogP contribution in [0.3, 0.4) is 0 Å². The Kier molecular flexibility index (Phi) is 7.74. The van der Waals surface area contributed by atoms with Gasteiger partial charge >= 0.3 is 0 Å². The van der Waals surface area contributed by atoms with E-state index < -0.39 is 0 Å². The van der Waals surface area contributed by atoms with Gasteiger partial charge in [-0.05, 0) is 188 Å². The van der Waals surface area contributed by atoms with Crippen molar-refractivity contribution in [3.63, 3.8) is 0 Å². The summed E-state index contributed by atoms with van der Waals surface area (Å²) < 4.78 is 0. The van der Waals surface area contributed by atoms with E-state index in [9.17, 15) is 0 Å². The van der Waals surface area contributed by atoms with Crippen molar-refractivity contribution in [1.29, 1.82) is 0 Å². The summed E-state index contributed by atoms with van der Waals surface area (Å²) in [4.78, 5) is 0. The summed E-state index contributed by atoms with van der Waals surface area (Å²) >= 11 is 0. The molecule has 9 rings (SSSR count). The van der Waals surface area contributed by atoms with Crippen molar-refractivity contribution in [3.8, 4) is 44.5 Å². The third kappa shape index (κ3) is 4.89. The van der Waals surface area contributed by atoms with Gasteiger partial charge < -0.3 is 0 Å². The van der Waals surface area contributed by atoms with E-state index in [0.717, 1.165) is 12.8 Å².